The van der Waals surface area contributed by atoms with Gasteiger partial charge in [0.25, 0.3) is 5.91 Å². The standard InChI is InChI=1S/C14H21N3OS2/c1-16-12(18)10-9(15)11(19-2)13(20-10)17-7-14(5-6-14)8-3-4-8/h8,17H,3-7,15H2,1-2H3,(H,16,18). The molecule has 6 heteroatoms. The van der Waals surface area contributed by atoms with Gasteiger partial charge in [0.2, 0.25) is 0 Å². The quantitative estimate of drug-likeness (QED) is 0.707. The van der Waals surface area contributed by atoms with Gasteiger partial charge in [-0.05, 0) is 43.3 Å². The van der Waals surface area contributed by atoms with Crippen molar-refractivity contribution in [2.75, 3.05) is 30.9 Å². The summed E-state index contributed by atoms with van der Waals surface area (Å²) in [7, 11) is 1.64. The van der Waals surface area contributed by atoms with Gasteiger partial charge < -0.3 is 16.4 Å². The van der Waals surface area contributed by atoms with Gasteiger partial charge in [-0.25, -0.2) is 0 Å². The number of nitrogens with two attached hydrogens (primary N) is 1. The maximum Gasteiger partial charge on any atom is 0.263 e. The summed E-state index contributed by atoms with van der Waals surface area (Å²) in [4.78, 5) is 13.5. The van der Waals surface area contributed by atoms with Gasteiger partial charge in [0.05, 0.1) is 10.6 Å². The highest BCUT2D eigenvalue weighted by atomic mass is 32.2. The van der Waals surface area contributed by atoms with E-state index in [-0.39, 0.29) is 5.91 Å². The van der Waals surface area contributed by atoms with Crippen LogP contribution in [0.1, 0.15) is 35.4 Å². The molecule has 2 aliphatic carbocycles. The molecular formula is C14H21N3OS2. The second-order valence-electron chi connectivity index (χ2n) is 5.78. The van der Waals surface area contributed by atoms with Gasteiger partial charge in [-0.15, -0.1) is 23.1 Å². The number of nitrogen functional groups attached to an aromatic ring is 1. The Kier molecular flexibility index (Phi) is 3.62. The van der Waals surface area contributed by atoms with Crippen molar-refractivity contribution in [2.45, 2.75) is 30.6 Å². The zero-order valence-corrected chi connectivity index (χ0v) is 13.5. The first-order chi connectivity index (χ1) is 9.61. The molecule has 0 unspecified atom stereocenters. The fourth-order valence-corrected chi connectivity index (χ4v) is 4.85. The van der Waals surface area contributed by atoms with Crippen LogP contribution in [-0.4, -0.2) is 25.8 Å². The van der Waals surface area contributed by atoms with Crippen LogP contribution in [0.25, 0.3) is 0 Å². The highest BCUT2D eigenvalue weighted by molar-refractivity contribution is 7.99. The largest absolute Gasteiger partial charge is 0.396 e. The molecule has 1 amide bonds. The van der Waals surface area contributed by atoms with Gasteiger partial charge in [-0.1, -0.05) is 0 Å². The predicted molar refractivity (Wildman–Crippen MR) is 86.8 cm³/mol. The van der Waals surface area contributed by atoms with Crippen LogP contribution < -0.4 is 16.4 Å². The summed E-state index contributed by atoms with van der Waals surface area (Å²) in [6, 6.07) is 0. The molecule has 3 rings (SSSR count). The van der Waals surface area contributed by atoms with Crippen LogP contribution in [0.4, 0.5) is 10.7 Å². The number of amides is 1. The Labute approximate surface area is 127 Å². The first kappa shape index (κ1) is 14.1. The van der Waals surface area contributed by atoms with Crippen molar-refractivity contribution in [1.82, 2.24) is 5.32 Å². The monoisotopic (exact) mass is 311 g/mol. The van der Waals surface area contributed by atoms with E-state index in [4.69, 9.17) is 5.73 Å². The summed E-state index contributed by atoms with van der Waals surface area (Å²) in [5.41, 5.74) is 7.26. The average Bonchev–Trinajstić information content (AvgIpc) is 3.33. The minimum Gasteiger partial charge on any atom is -0.396 e. The maximum absolute atomic E-state index is 11.8. The molecule has 0 radical (unpaired) electrons. The van der Waals surface area contributed by atoms with Gasteiger partial charge >= 0.3 is 0 Å². The molecule has 2 saturated carbocycles. The molecule has 110 valence electrons. The Hall–Kier alpha value is -0.880. The van der Waals surface area contributed by atoms with E-state index in [1.54, 1.807) is 18.8 Å². The average molecular weight is 311 g/mol. The number of thioether (sulfide) groups is 1. The number of carbonyl (C=O) groups is 1. The number of anilines is 2. The summed E-state index contributed by atoms with van der Waals surface area (Å²) in [6.45, 7) is 1.03. The van der Waals surface area contributed by atoms with Crippen LogP contribution in [0.3, 0.4) is 0 Å². The SMILES string of the molecule is CNC(=O)c1sc(NCC2(C3CC3)CC2)c(SC)c1N. The summed E-state index contributed by atoms with van der Waals surface area (Å²) in [5.74, 6) is 0.836. The van der Waals surface area contributed by atoms with Crippen LogP contribution >= 0.6 is 23.1 Å². The summed E-state index contributed by atoms with van der Waals surface area (Å²) >= 11 is 3.08. The molecule has 0 saturated heterocycles. The third-order valence-corrected chi connectivity index (χ3v) is 6.60. The zero-order valence-electron chi connectivity index (χ0n) is 11.9. The third kappa shape index (κ3) is 2.39. The topological polar surface area (TPSA) is 67.2 Å². The first-order valence-corrected chi connectivity index (χ1v) is 9.07. The number of thiophene rings is 1. The van der Waals surface area contributed by atoms with Crippen molar-refractivity contribution in [2.24, 2.45) is 11.3 Å². The highest BCUT2D eigenvalue weighted by Gasteiger charge is 2.53. The second-order valence-corrected chi connectivity index (χ2v) is 7.61. The van der Waals surface area contributed by atoms with Crippen LogP contribution in [0.2, 0.25) is 0 Å². The fraction of sp³-hybridized carbons (Fsp3) is 0.643. The van der Waals surface area contributed by atoms with Crippen molar-refractivity contribution in [1.29, 1.82) is 0 Å². The third-order valence-electron chi connectivity index (χ3n) is 4.47. The van der Waals surface area contributed by atoms with Crippen molar-refractivity contribution >= 4 is 39.7 Å². The molecule has 1 aromatic rings. The van der Waals surface area contributed by atoms with Crippen molar-refractivity contribution in [3.63, 3.8) is 0 Å². The molecule has 0 atom stereocenters. The van der Waals surface area contributed by atoms with Crippen LogP contribution in [0, 0.1) is 11.3 Å². The van der Waals surface area contributed by atoms with E-state index in [2.05, 4.69) is 10.6 Å². The van der Waals surface area contributed by atoms with E-state index in [1.807, 2.05) is 6.26 Å². The molecule has 0 spiro atoms. The van der Waals surface area contributed by atoms with Gasteiger partial charge in [-0.2, -0.15) is 0 Å². The maximum atomic E-state index is 11.8. The Morgan fingerprint density at radius 2 is 2.20 bits per heavy atom. The summed E-state index contributed by atoms with van der Waals surface area (Å²) in [6.07, 6.45) is 7.50. The minimum absolute atomic E-state index is 0.0980. The Bertz CT molecular complexity index is 533. The lowest BCUT2D eigenvalue weighted by atomic mass is 10.0. The normalized spacial score (nSPS) is 19.7. The molecule has 2 aliphatic rings. The number of hydrogen-bond donors (Lipinski definition) is 3. The van der Waals surface area contributed by atoms with Crippen LogP contribution in [-0.2, 0) is 0 Å². The van der Waals surface area contributed by atoms with Crippen molar-refractivity contribution in [3.8, 4) is 0 Å². The van der Waals surface area contributed by atoms with Crippen molar-refractivity contribution < 1.29 is 4.79 Å². The second kappa shape index (κ2) is 5.15. The van der Waals surface area contributed by atoms with E-state index in [9.17, 15) is 4.79 Å². The Morgan fingerprint density at radius 1 is 1.50 bits per heavy atom. The molecule has 0 aliphatic heterocycles. The van der Waals surface area contributed by atoms with Gasteiger partial charge in [-0.3, -0.25) is 4.79 Å². The molecule has 0 bridgehead atoms. The van der Waals surface area contributed by atoms with Crippen molar-refractivity contribution in [3.05, 3.63) is 4.88 Å². The fourth-order valence-electron chi connectivity index (χ4n) is 2.87. The number of nitrogens with one attached hydrogen (secondary N) is 2. The zero-order chi connectivity index (χ0) is 14.3. The van der Waals surface area contributed by atoms with Gasteiger partial charge in [0.1, 0.15) is 9.88 Å². The Balaban J connectivity index is 1.76. The van der Waals surface area contributed by atoms with E-state index in [0.29, 0.717) is 16.0 Å². The van der Waals surface area contributed by atoms with E-state index in [0.717, 1.165) is 22.4 Å². The molecule has 20 heavy (non-hydrogen) atoms. The molecule has 2 fully saturated rings. The number of rotatable bonds is 6. The molecule has 0 aromatic carbocycles. The highest BCUT2D eigenvalue weighted by Crippen LogP contribution is 2.61. The van der Waals surface area contributed by atoms with Gasteiger partial charge in [0, 0.05) is 13.6 Å². The lowest BCUT2D eigenvalue weighted by molar-refractivity contribution is 0.0968. The summed E-state index contributed by atoms with van der Waals surface area (Å²) in [5, 5.41) is 7.28. The van der Waals surface area contributed by atoms with Crippen LogP contribution in [0.5, 0.6) is 0 Å². The van der Waals surface area contributed by atoms with Gasteiger partial charge in [0.15, 0.2) is 0 Å². The molecule has 4 nitrogen and oxygen atoms in total. The van der Waals surface area contributed by atoms with Crippen LogP contribution in [0.15, 0.2) is 4.90 Å². The smallest absolute Gasteiger partial charge is 0.263 e. The molecule has 1 aromatic heterocycles. The molecular weight excluding hydrogens is 290 g/mol. The molecule has 1 heterocycles. The lowest BCUT2D eigenvalue weighted by Gasteiger charge is -2.15. The number of carbonyl (C=O) groups excluding carboxylic acids is 1. The Morgan fingerprint density at radius 3 is 2.70 bits per heavy atom. The predicted octanol–water partition coefficient (Wildman–Crippen LogP) is 3.01. The first-order valence-electron chi connectivity index (χ1n) is 7.03. The van der Waals surface area contributed by atoms with E-state index in [1.165, 1.54) is 37.0 Å². The summed E-state index contributed by atoms with van der Waals surface area (Å²) < 4.78 is 0. The number of hydrogen-bond acceptors (Lipinski definition) is 5. The molecule has 4 N–H and O–H groups in total. The van der Waals surface area contributed by atoms with E-state index < -0.39 is 0 Å². The lowest BCUT2D eigenvalue weighted by Crippen LogP contribution is -2.17. The van der Waals surface area contributed by atoms with E-state index >= 15 is 0 Å². The minimum atomic E-state index is -0.0980.